The van der Waals surface area contributed by atoms with Gasteiger partial charge in [0.25, 0.3) is 0 Å². The van der Waals surface area contributed by atoms with Crippen molar-refractivity contribution < 1.29 is 0 Å². The van der Waals surface area contributed by atoms with Crippen LogP contribution in [0.25, 0.3) is 11.0 Å². The molecule has 0 saturated carbocycles. The highest BCUT2D eigenvalue weighted by atomic mass is 15.1. The van der Waals surface area contributed by atoms with Crippen molar-refractivity contribution in [1.82, 2.24) is 19.9 Å². The smallest absolute Gasteiger partial charge is 0.142 e. The third-order valence-electron chi connectivity index (χ3n) is 4.14. The average Bonchev–Trinajstić information content (AvgIpc) is 2.93. The van der Waals surface area contributed by atoms with Crippen LogP contribution in [-0.4, -0.2) is 46.0 Å². The van der Waals surface area contributed by atoms with Gasteiger partial charge in [-0.15, -0.1) is 0 Å². The van der Waals surface area contributed by atoms with Crippen LogP contribution in [0.15, 0.2) is 18.6 Å². The molecule has 0 aliphatic carbocycles. The second-order valence-corrected chi connectivity index (χ2v) is 6.50. The fourth-order valence-corrected chi connectivity index (χ4v) is 3.25. The molecule has 21 heavy (non-hydrogen) atoms. The number of rotatable bonds is 5. The minimum absolute atomic E-state index is 0.710. The van der Waals surface area contributed by atoms with Crippen molar-refractivity contribution in [3.8, 4) is 0 Å². The van der Waals surface area contributed by atoms with E-state index in [-0.39, 0.29) is 0 Å². The van der Waals surface area contributed by atoms with E-state index in [1.165, 1.54) is 32.5 Å². The average molecular weight is 287 g/mol. The SMILES string of the molecule is CC(C)CN1CCCC(CNc2ncnc3[nH]ccc23)C1. The molecule has 1 saturated heterocycles. The Balaban J connectivity index is 1.58. The van der Waals surface area contributed by atoms with E-state index in [0.717, 1.165) is 29.3 Å². The van der Waals surface area contributed by atoms with Gasteiger partial charge in [0.05, 0.1) is 5.39 Å². The Morgan fingerprint density at radius 3 is 3.19 bits per heavy atom. The molecule has 0 amide bonds. The maximum Gasteiger partial charge on any atom is 0.142 e. The molecule has 5 nitrogen and oxygen atoms in total. The minimum atomic E-state index is 0.710. The molecule has 0 radical (unpaired) electrons. The summed E-state index contributed by atoms with van der Waals surface area (Å²) < 4.78 is 0. The van der Waals surface area contributed by atoms with Crippen molar-refractivity contribution in [2.24, 2.45) is 11.8 Å². The minimum Gasteiger partial charge on any atom is -0.369 e. The quantitative estimate of drug-likeness (QED) is 0.888. The van der Waals surface area contributed by atoms with E-state index in [2.05, 4.69) is 39.0 Å². The normalized spacial score (nSPS) is 20.2. The topological polar surface area (TPSA) is 56.8 Å². The largest absolute Gasteiger partial charge is 0.369 e. The van der Waals surface area contributed by atoms with Crippen molar-refractivity contribution >= 4 is 16.9 Å². The van der Waals surface area contributed by atoms with Crippen molar-refractivity contribution in [2.45, 2.75) is 26.7 Å². The van der Waals surface area contributed by atoms with E-state index in [0.29, 0.717) is 5.92 Å². The number of hydrogen-bond donors (Lipinski definition) is 2. The van der Waals surface area contributed by atoms with Gasteiger partial charge in [-0.1, -0.05) is 13.8 Å². The van der Waals surface area contributed by atoms with Gasteiger partial charge in [-0.25, -0.2) is 9.97 Å². The predicted molar refractivity (Wildman–Crippen MR) is 86.4 cm³/mol. The lowest BCUT2D eigenvalue weighted by atomic mass is 9.97. The zero-order chi connectivity index (χ0) is 14.7. The first-order valence-electron chi connectivity index (χ1n) is 7.96. The molecule has 2 aromatic heterocycles. The van der Waals surface area contributed by atoms with Gasteiger partial charge < -0.3 is 15.2 Å². The van der Waals surface area contributed by atoms with Crippen molar-refractivity contribution in [3.05, 3.63) is 18.6 Å². The Morgan fingerprint density at radius 1 is 1.43 bits per heavy atom. The molecule has 0 bridgehead atoms. The molecule has 3 heterocycles. The summed E-state index contributed by atoms with van der Waals surface area (Å²) in [7, 11) is 0. The van der Waals surface area contributed by atoms with E-state index in [9.17, 15) is 0 Å². The Hall–Kier alpha value is -1.62. The van der Waals surface area contributed by atoms with Gasteiger partial charge in [-0.2, -0.15) is 0 Å². The lowest BCUT2D eigenvalue weighted by Crippen LogP contribution is -2.39. The van der Waals surface area contributed by atoms with Crippen LogP contribution < -0.4 is 5.32 Å². The Kier molecular flexibility index (Phi) is 4.39. The highest BCUT2D eigenvalue weighted by Crippen LogP contribution is 2.21. The molecular weight excluding hydrogens is 262 g/mol. The van der Waals surface area contributed by atoms with Gasteiger partial charge in [-0.05, 0) is 37.3 Å². The monoisotopic (exact) mass is 287 g/mol. The van der Waals surface area contributed by atoms with Crippen LogP contribution in [0.4, 0.5) is 5.82 Å². The van der Waals surface area contributed by atoms with Crippen LogP contribution in [0, 0.1) is 11.8 Å². The van der Waals surface area contributed by atoms with Crippen LogP contribution in [0.2, 0.25) is 0 Å². The van der Waals surface area contributed by atoms with E-state index in [4.69, 9.17) is 0 Å². The number of anilines is 1. The summed E-state index contributed by atoms with van der Waals surface area (Å²) in [6.45, 7) is 9.26. The van der Waals surface area contributed by atoms with Crippen LogP contribution >= 0.6 is 0 Å². The maximum atomic E-state index is 4.38. The first-order chi connectivity index (χ1) is 10.2. The summed E-state index contributed by atoms with van der Waals surface area (Å²) in [5, 5.41) is 4.60. The Labute approximate surface area is 126 Å². The number of nitrogens with zero attached hydrogens (tertiary/aromatic N) is 3. The molecule has 0 spiro atoms. The Morgan fingerprint density at radius 2 is 2.33 bits per heavy atom. The second-order valence-electron chi connectivity index (χ2n) is 6.50. The first kappa shape index (κ1) is 14.3. The molecule has 1 aliphatic rings. The summed E-state index contributed by atoms with van der Waals surface area (Å²) in [4.78, 5) is 14.3. The standard InChI is InChI=1S/C16H25N5/c1-12(2)9-21-7-3-4-13(10-21)8-18-16-14-5-6-17-15(14)19-11-20-16/h5-6,11-13H,3-4,7-10H2,1-2H3,(H2,17,18,19,20). The van der Waals surface area contributed by atoms with Gasteiger partial charge in [0, 0.05) is 25.8 Å². The summed E-state index contributed by atoms with van der Waals surface area (Å²) in [5.41, 5.74) is 0.901. The summed E-state index contributed by atoms with van der Waals surface area (Å²) in [5.74, 6) is 2.40. The van der Waals surface area contributed by atoms with E-state index in [1.54, 1.807) is 6.33 Å². The second kappa shape index (κ2) is 6.43. The van der Waals surface area contributed by atoms with E-state index >= 15 is 0 Å². The number of aromatic amines is 1. The molecule has 1 unspecified atom stereocenters. The van der Waals surface area contributed by atoms with Crippen LogP contribution in [0.5, 0.6) is 0 Å². The summed E-state index contributed by atoms with van der Waals surface area (Å²) >= 11 is 0. The summed E-state index contributed by atoms with van der Waals surface area (Å²) in [6.07, 6.45) is 6.15. The van der Waals surface area contributed by atoms with Gasteiger partial charge in [0.2, 0.25) is 0 Å². The molecule has 3 rings (SSSR count). The van der Waals surface area contributed by atoms with E-state index in [1.807, 2.05) is 12.3 Å². The fourth-order valence-electron chi connectivity index (χ4n) is 3.25. The Bertz CT molecular complexity index is 577. The molecule has 1 atom stereocenters. The third kappa shape index (κ3) is 3.53. The number of fused-ring (bicyclic) bond motifs is 1. The van der Waals surface area contributed by atoms with Gasteiger partial charge >= 0.3 is 0 Å². The molecular formula is C16H25N5. The van der Waals surface area contributed by atoms with Crippen LogP contribution in [0.3, 0.4) is 0 Å². The predicted octanol–water partition coefficient (Wildman–Crippen LogP) is 2.74. The van der Waals surface area contributed by atoms with E-state index < -0.39 is 0 Å². The number of nitrogens with one attached hydrogen (secondary N) is 2. The molecule has 2 aromatic rings. The number of H-pyrrole nitrogens is 1. The molecule has 1 fully saturated rings. The van der Waals surface area contributed by atoms with Gasteiger partial charge in [-0.3, -0.25) is 0 Å². The van der Waals surface area contributed by atoms with Crippen molar-refractivity contribution in [3.63, 3.8) is 0 Å². The van der Waals surface area contributed by atoms with Crippen molar-refractivity contribution in [2.75, 3.05) is 31.5 Å². The highest BCUT2D eigenvalue weighted by Gasteiger charge is 2.20. The maximum absolute atomic E-state index is 4.38. The molecule has 0 aromatic carbocycles. The highest BCUT2D eigenvalue weighted by molar-refractivity contribution is 5.86. The number of hydrogen-bond acceptors (Lipinski definition) is 4. The van der Waals surface area contributed by atoms with Crippen molar-refractivity contribution in [1.29, 1.82) is 0 Å². The number of aromatic nitrogens is 3. The van der Waals surface area contributed by atoms with Crippen LogP contribution in [-0.2, 0) is 0 Å². The molecule has 114 valence electrons. The van der Waals surface area contributed by atoms with Crippen LogP contribution in [0.1, 0.15) is 26.7 Å². The third-order valence-corrected chi connectivity index (χ3v) is 4.14. The summed E-state index contributed by atoms with van der Waals surface area (Å²) in [6, 6.07) is 2.03. The fraction of sp³-hybridized carbons (Fsp3) is 0.625. The molecule has 1 aliphatic heterocycles. The number of likely N-dealkylation sites (tertiary alicyclic amines) is 1. The lowest BCUT2D eigenvalue weighted by Gasteiger charge is -2.33. The molecule has 5 heteroatoms. The van der Waals surface area contributed by atoms with Gasteiger partial charge in [0.15, 0.2) is 0 Å². The molecule has 2 N–H and O–H groups in total. The number of piperidine rings is 1. The zero-order valence-corrected chi connectivity index (χ0v) is 13.0. The lowest BCUT2D eigenvalue weighted by molar-refractivity contribution is 0.164. The zero-order valence-electron chi connectivity index (χ0n) is 13.0. The van der Waals surface area contributed by atoms with Gasteiger partial charge in [0.1, 0.15) is 17.8 Å². The first-order valence-corrected chi connectivity index (χ1v) is 7.96.